The summed E-state index contributed by atoms with van der Waals surface area (Å²) in [5.41, 5.74) is -0.384. The predicted octanol–water partition coefficient (Wildman–Crippen LogP) is 3.39. The van der Waals surface area contributed by atoms with Crippen molar-refractivity contribution < 1.29 is 18.0 Å². The first-order valence-electron chi connectivity index (χ1n) is 7.41. The van der Waals surface area contributed by atoms with Gasteiger partial charge < -0.3 is 10.3 Å². The van der Waals surface area contributed by atoms with E-state index < -0.39 is 17.6 Å². The average Bonchev–Trinajstić information content (AvgIpc) is 2.55. The van der Waals surface area contributed by atoms with Gasteiger partial charge in [-0.1, -0.05) is 30.8 Å². The number of hydrogen-bond acceptors (Lipinski definition) is 4. The fourth-order valence-corrected chi connectivity index (χ4v) is 2.81. The molecule has 0 aliphatic heterocycles. The molecule has 0 spiro atoms. The quantitative estimate of drug-likeness (QED) is 0.624. The van der Waals surface area contributed by atoms with Crippen molar-refractivity contribution >= 4 is 23.4 Å². The summed E-state index contributed by atoms with van der Waals surface area (Å²) in [6, 6.07) is 4.74. The van der Waals surface area contributed by atoms with E-state index in [1.54, 1.807) is 6.92 Å². The van der Waals surface area contributed by atoms with E-state index in [9.17, 15) is 22.8 Å². The van der Waals surface area contributed by atoms with Crippen LogP contribution in [0.5, 0.6) is 0 Å². The Morgan fingerprint density at radius 3 is 2.64 bits per heavy atom. The van der Waals surface area contributed by atoms with E-state index >= 15 is 0 Å². The van der Waals surface area contributed by atoms with Gasteiger partial charge in [-0.3, -0.25) is 9.59 Å². The number of alkyl halides is 3. The smallest absolute Gasteiger partial charge is 0.325 e. The number of aromatic nitrogens is 2. The van der Waals surface area contributed by atoms with Crippen LogP contribution in [-0.2, 0) is 17.4 Å². The number of aromatic amines is 1. The Balaban J connectivity index is 2.08. The van der Waals surface area contributed by atoms with Gasteiger partial charge in [-0.15, -0.1) is 0 Å². The first-order chi connectivity index (χ1) is 11.7. The summed E-state index contributed by atoms with van der Waals surface area (Å²) in [5, 5.41) is 2.50. The predicted molar refractivity (Wildman–Crippen MR) is 89.8 cm³/mol. The molecular formula is C16H16F3N3O2S. The highest BCUT2D eigenvalue weighted by Crippen LogP contribution is 2.34. The highest BCUT2D eigenvalue weighted by atomic mass is 32.2. The molecule has 134 valence electrons. The second kappa shape index (κ2) is 7.73. The largest absolute Gasteiger partial charge is 0.418 e. The molecule has 2 N–H and O–H groups in total. The van der Waals surface area contributed by atoms with Crippen LogP contribution in [-0.4, -0.2) is 21.6 Å². The number of carbonyl (C=O) groups excluding carboxylic acids is 1. The highest BCUT2D eigenvalue weighted by Gasteiger charge is 2.33. The molecule has 0 aliphatic rings. The van der Waals surface area contributed by atoms with Crippen molar-refractivity contribution in [3.05, 3.63) is 51.4 Å². The van der Waals surface area contributed by atoms with Crippen LogP contribution in [0, 0.1) is 6.92 Å². The van der Waals surface area contributed by atoms with Gasteiger partial charge in [0.15, 0.2) is 5.16 Å². The van der Waals surface area contributed by atoms with Crippen LogP contribution in [0.2, 0.25) is 0 Å². The number of para-hydroxylation sites is 1. The van der Waals surface area contributed by atoms with E-state index in [0.717, 1.165) is 17.8 Å². The first kappa shape index (κ1) is 19.0. The van der Waals surface area contributed by atoms with Gasteiger partial charge in [-0.25, -0.2) is 4.98 Å². The van der Waals surface area contributed by atoms with E-state index in [1.165, 1.54) is 18.2 Å². The lowest BCUT2D eigenvalue weighted by Crippen LogP contribution is -2.19. The molecule has 0 bridgehead atoms. The van der Waals surface area contributed by atoms with Gasteiger partial charge >= 0.3 is 6.18 Å². The standard InChI is InChI=1S/C16H16F3N3O2S/c1-3-11-9(2)14(24)22-15(21-11)25-8-13(23)20-12-7-5-4-6-10(12)16(17,18)19/h4-7H,3,8H2,1-2H3,(H,20,23)(H,21,22,24). The van der Waals surface area contributed by atoms with Crippen LogP contribution in [0.3, 0.4) is 0 Å². The maximum Gasteiger partial charge on any atom is 0.418 e. The maximum atomic E-state index is 12.9. The summed E-state index contributed by atoms with van der Waals surface area (Å²) in [6.45, 7) is 3.50. The van der Waals surface area contributed by atoms with Crippen molar-refractivity contribution in [2.75, 3.05) is 11.1 Å². The third kappa shape index (κ3) is 4.85. The molecular weight excluding hydrogens is 355 g/mol. The molecule has 0 atom stereocenters. The first-order valence-corrected chi connectivity index (χ1v) is 8.39. The number of benzene rings is 1. The molecule has 9 heteroatoms. The Bertz CT molecular complexity index is 834. The van der Waals surface area contributed by atoms with Crippen LogP contribution in [0.25, 0.3) is 0 Å². The van der Waals surface area contributed by atoms with Crippen molar-refractivity contribution in [1.29, 1.82) is 0 Å². The van der Waals surface area contributed by atoms with Crippen LogP contribution >= 0.6 is 11.8 Å². The van der Waals surface area contributed by atoms with Crippen LogP contribution in [0.1, 0.15) is 23.7 Å². The summed E-state index contributed by atoms with van der Waals surface area (Å²) in [7, 11) is 0. The monoisotopic (exact) mass is 371 g/mol. The van der Waals surface area contributed by atoms with Crippen LogP contribution < -0.4 is 10.9 Å². The molecule has 0 saturated heterocycles. The lowest BCUT2D eigenvalue weighted by atomic mass is 10.1. The number of halogens is 3. The Hall–Kier alpha value is -2.29. The summed E-state index contributed by atoms with van der Waals surface area (Å²) in [4.78, 5) is 30.5. The Kier molecular flexibility index (Phi) is 5.89. The number of nitrogens with one attached hydrogen (secondary N) is 2. The number of thioether (sulfide) groups is 1. The second-order valence-electron chi connectivity index (χ2n) is 5.18. The molecule has 0 unspecified atom stereocenters. The molecule has 1 amide bonds. The normalized spacial score (nSPS) is 11.4. The van der Waals surface area contributed by atoms with E-state index in [0.29, 0.717) is 17.7 Å². The van der Waals surface area contributed by atoms with Gasteiger partial charge in [0.25, 0.3) is 5.56 Å². The van der Waals surface area contributed by atoms with E-state index in [1.807, 2.05) is 6.92 Å². The molecule has 1 aromatic heterocycles. The van der Waals surface area contributed by atoms with Gasteiger partial charge in [-0.2, -0.15) is 13.2 Å². The van der Waals surface area contributed by atoms with Gasteiger partial charge in [0, 0.05) is 5.56 Å². The third-order valence-electron chi connectivity index (χ3n) is 3.41. The molecule has 2 aromatic rings. The minimum Gasteiger partial charge on any atom is -0.325 e. The molecule has 0 aliphatic carbocycles. The number of hydrogen-bond donors (Lipinski definition) is 2. The van der Waals surface area contributed by atoms with Crippen molar-refractivity contribution in [2.24, 2.45) is 0 Å². The zero-order chi connectivity index (χ0) is 18.6. The van der Waals surface area contributed by atoms with Crippen molar-refractivity contribution in [3.63, 3.8) is 0 Å². The van der Waals surface area contributed by atoms with E-state index in [-0.39, 0.29) is 22.2 Å². The zero-order valence-electron chi connectivity index (χ0n) is 13.5. The summed E-state index contributed by atoms with van der Waals surface area (Å²) < 4.78 is 38.7. The Morgan fingerprint density at radius 2 is 2.00 bits per heavy atom. The molecule has 0 radical (unpaired) electrons. The number of nitrogens with zero attached hydrogens (tertiary/aromatic N) is 1. The van der Waals surface area contributed by atoms with Gasteiger partial charge in [0.05, 0.1) is 22.7 Å². The topological polar surface area (TPSA) is 74.8 Å². The lowest BCUT2D eigenvalue weighted by molar-refractivity contribution is -0.137. The van der Waals surface area contributed by atoms with Crippen molar-refractivity contribution in [3.8, 4) is 0 Å². The third-order valence-corrected chi connectivity index (χ3v) is 4.29. The summed E-state index contributed by atoms with van der Waals surface area (Å²) in [6.07, 6.45) is -3.99. The number of amides is 1. The molecule has 0 saturated carbocycles. The van der Waals surface area contributed by atoms with Crippen LogP contribution in [0.15, 0.2) is 34.2 Å². The summed E-state index contributed by atoms with van der Waals surface area (Å²) >= 11 is 0.954. The van der Waals surface area contributed by atoms with Crippen molar-refractivity contribution in [1.82, 2.24) is 9.97 Å². The Labute approximate surface area is 146 Å². The lowest BCUT2D eigenvalue weighted by Gasteiger charge is -2.13. The SMILES string of the molecule is CCc1nc(SCC(=O)Nc2ccccc2C(F)(F)F)[nH]c(=O)c1C. The molecule has 25 heavy (non-hydrogen) atoms. The van der Waals surface area contributed by atoms with E-state index in [2.05, 4.69) is 15.3 Å². The molecule has 2 rings (SSSR count). The van der Waals surface area contributed by atoms with E-state index in [4.69, 9.17) is 0 Å². The van der Waals surface area contributed by atoms with Crippen molar-refractivity contribution in [2.45, 2.75) is 31.6 Å². The van der Waals surface area contributed by atoms with Gasteiger partial charge in [0.1, 0.15) is 0 Å². The molecule has 1 heterocycles. The fourth-order valence-electron chi connectivity index (χ4n) is 2.13. The fraction of sp³-hybridized carbons (Fsp3) is 0.312. The minimum atomic E-state index is -4.56. The number of H-pyrrole nitrogens is 1. The van der Waals surface area contributed by atoms with Gasteiger partial charge in [0.2, 0.25) is 5.91 Å². The zero-order valence-corrected chi connectivity index (χ0v) is 14.3. The Morgan fingerprint density at radius 1 is 1.32 bits per heavy atom. The van der Waals surface area contributed by atoms with Gasteiger partial charge in [-0.05, 0) is 25.5 Å². The number of aryl methyl sites for hydroxylation is 1. The number of anilines is 1. The number of carbonyl (C=O) groups is 1. The molecule has 1 aromatic carbocycles. The molecule has 0 fully saturated rings. The average molecular weight is 371 g/mol. The number of rotatable bonds is 5. The highest BCUT2D eigenvalue weighted by molar-refractivity contribution is 7.99. The maximum absolute atomic E-state index is 12.9. The molecule has 5 nitrogen and oxygen atoms in total. The minimum absolute atomic E-state index is 0.179. The second-order valence-corrected chi connectivity index (χ2v) is 6.14. The van der Waals surface area contributed by atoms with Crippen LogP contribution in [0.4, 0.5) is 18.9 Å². The summed E-state index contributed by atoms with van der Waals surface area (Å²) in [5.74, 6) is -0.801.